The second-order valence-electron chi connectivity index (χ2n) is 5.21. The van der Waals surface area contributed by atoms with E-state index in [0.717, 1.165) is 6.54 Å². The van der Waals surface area contributed by atoms with Gasteiger partial charge < -0.3 is 15.5 Å². The zero-order valence-corrected chi connectivity index (χ0v) is 14.4. The lowest BCUT2D eigenvalue weighted by molar-refractivity contribution is 0.0951. The van der Waals surface area contributed by atoms with E-state index in [2.05, 4.69) is 15.6 Å². The maximum Gasteiger partial charge on any atom is 0.251 e. The molecule has 0 aliphatic carbocycles. The van der Waals surface area contributed by atoms with E-state index in [0.29, 0.717) is 33.7 Å². The molecule has 0 bridgehead atoms. The first kappa shape index (κ1) is 17.5. The monoisotopic (exact) mass is 352 g/mol. The normalized spacial score (nSPS) is 10.7. The number of nitrogens with zero attached hydrogens (tertiary/aromatic N) is 2. The minimum absolute atomic E-state index is 0.150. The van der Waals surface area contributed by atoms with Gasteiger partial charge in [0.25, 0.3) is 5.91 Å². The van der Waals surface area contributed by atoms with Crippen LogP contribution in [0.4, 0.5) is 11.5 Å². The number of nitrogens with one attached hydrogen (secondary N) is 2. The van der Waals surface area contributed by atoms with Crippen LogP contribution in [-0.4, -0.2) is 43.0 Å². The average Bonchev–Trinajstić information content (AvgIpc) is 2.51. The molecular weight excluding hydrogens is 335 g/mol. The summed E-state index contributed by atoms with van der Waals surface area (Å²) in [5.41, 5.74) is 1.08. The van der Waals surface area contributed by atoms with Crippen molar-refractivity contribution in [2.75, 3.05) is 32.5 Å². The maximum absolute atomic E-state index is 12.1. The smallest absolute Gasteiger partial charge is 0.251 e. The highest BCUT2D eigenvalue weighted by Crippen LogP contribution is 2.32. The molecule has 1 aromatic heterocycles. The highest BCUT2D eigenvalue weighted by atomic mass is 35.5. The SMILES string of the molecule is CN(C)CCNC(=O)c1ccnc(Nc2c(Cl)cccc2Cl)c1. The summed E-state index contributed by atoms with van der Waals surface area (Å²) in [5.74, 6) is 0.350. The first-order chi connectivity index (χ1) is 11.0. The largest absolute Gasteiger partial charge is 0.351 e. The van der Waals surface area contributed by atoms with Crippen molar-refractivity contribution in [2.45, 2.75) is 0 Å². The molecule has 2 N–H and O–H groups in total. The van der Waals surface area contributed by atoms with Gasteiger partial charge in [-0.2, -0.15) is 0 Å². The number of amides is 1. The van der Waals surface area contributed by atoms with E-state index < -0.39 is 0 Å². The van der Waals surface area contributed by atoms with Crippen LogP contribution in [0.3, 0.4) is 0 Å². The van der Waals surface area contributed by atoms with E-state index in [9.17, 15) is 4.79 Å². The molecule has 0 aliphatic rings. The third kappa shape index (κ3) is 5.10. The van der Waals surface area contributed by atoms with Crippen LogP contribution in [0.25, 0.3) is 0 Å². The lowest BCUT2D eigenvalue weighted by Crippen LogP contribution is -2.31. The molecule has 1 aromatic carbocycles. The van der Waals surface area contributed by atoms with Crippen molar-refractivity contribution >= 4 is 40.6 Å². The van der Waals surface area contributed by atoms with E-state index in [1.165, 1.54) is 0 Å². The molecule has 0 aliphatic heterocycles. The zero-order valence-electron chi connectivity index (χ0n) is 12.9. The predicted octanol–water partition coefficient (Wildman–Crippen LogP) is 3.42. The summed E-state index contributed by atoms with van der Waals surface area (Å²) < 4.78 is 0. The fraction of sp³-hybridized carbons (Fsp3) is 0.250. The molecule has 0 unspecified atom stereocenters. The van der Waals surface area contributed by atoms with E-state index >= 15 is 0 Å². The fourth-order valence-electron chi connectivity index (χ4n) is 1.88. The average molecular weight is 353 g/mol. The number of carbonyl (C=O) groups is 1. The van der Waals surface area contributed by atoms with Gasteiger partial charge in [-0.05, 0) is 38.4 Å². The third-order valence-corrected chi connectivity index (χ3v) is 3.71. The van der Waals surface area contributed by atoms with Gasteiger partial charge in [-0.25, -0.2) is 4.98 Å². The topological polar surface area (TPSA) is 57.3 Å². The predicted molar refractivity (Wildman–Crippen MR) is 94.9 cm³/mol. The first-order valence-electron chi connectivity index (χ1n) is 7.07. The quantitative estimate of drug-likeness (QED) is 0.836. The highest BCUT2D eigenvalue weighted by molar-refractivity contribution is 6.39. The Morgan fingerprint density at radius 1 is 1.22 bits per heavy atom. The number of hydrogen-bond donors (Lipinski definition) is 2. The first-order valence-corrected chi connectivity index (χ1v) is 7.83. The summed E-state index contributed by atoms with van der Waals surface area (Å²) in [5, 5.41) is 6.88. The Morgan fingerprint density at radius 2 is 1.91 bits per heavy atom. The Morgan fingerprint density at radius 3 is 2.57 bits per heavy atom. The lowest BCUT2D eigenvalue weighted by atomic mass is 10.2. The summed E-state index contributed by atoms with van der Waals surface area (Å²) in [4.78, 5) is 18.3. The van der Waals surface area contributed by atoms with E-state index in [1.807, 2.05) is 19.0 Å². The van der Waals surface area contributed by atoms with Crippen LogP contribution in [0.1, 0.15) is 10.4 Å². The number of halogens is 2. The molecule has 1 heterocycles. The van der Waals surface area contributed by atoms with E-state index in [4.69, 9.17) is 23.2 Å². The standard InChI is InChI=1S/C16H18Cl2N4O/c1-22(2)9-8-20-16(23)11-6-7-19-14(10-11)21-15-12(17)4-3-5-13(15)18/h3-7,10H,8-9H2,1-2H3,(H,19,21)(H,20,23). The van der Waals surface area contributed by atoms with Crippen molar-refractivity contribution in [1.29, 1.82) is 0 Å². The Hall–Kier alpha value is -1.82. The summed E-state index contributed by atoms with van der Waals surface area (Å²) in [6.45, 7) is 1.35. The number of para-hydroxylation sites is 1. The van der Waals surface area contributed by atoms with Gasteiger partial charge in [-0.3, -0.25) is 4.79 Å². The fourth-order valence-corrected chi connectivity index (χ4v) is 2.37. The molecule has 0 atom stereocenters. The minimum Gasteiger partial charge on any atom is -0.351 e. The number of hydrogen-bond acceptors (Lipinski definition) is 4. The van der Waals surface area contributed by atoms with Crippen LogP contribution in [0.5, 0.6) is 0 Å². The number of rotatable bonds is 6. The Labute approximate surface area is 145 Å². The molecule has 0 spiro atoms. The number of pyridine rings is 1. The number of benzene rings is 1. The molecule has 0 radical (unpaired) electrons. The number of likely N-dealkylation sites (N-methyl/N-ethyl adjacent to an activating group) is 1. The minimum atomic E-state index is -0.150. The molecule has 0 saturated carbocycles. The number of anilines is 2. The van der Waals surface area contributed by atoms with Crippen molar-refractivity contribution in [2.24, 2.45) is 0 Å². The van der Waals surface area contributed by atoms with Crippen molar-refractivity contribution in [3.8, 4) is 0 Å². The Balaban J connectivity index is 2.09. The maximum atomic E-state index is 12.1. The summed E-state index contributed by atoms with van der Waals surface area (Å²) in [6, 6.07) is 8.54. The molecule has 5 nitrogen and oxygen atoms in total. The van der Waals surface area contributed by atoms with Crippen molar-refractivity contribution in [3.05, 3.63) is 52.1 Å². The number of carbonyl (C=O) groups excluding carboxylic acids is 1. The van der Waals surface area contributed by atoms with E-state index in [1.54, 1.807) is 36.5 Å². The van der Waals surface area contributed by atoms with Crippen LogP contribution < -0.4 is 10.6 Å². The molecule has 23 heavy (non-hydrogen) atoms. The van der Waals surface area contributed by atoms with Gasteiger partial charge in [0.15, 0.2) is 0 Å². The molecule has 7 heteroatoms. The van der Waals surface area contributed by atoms with Crippen molar-refractivity contribution in [3.63, 3.8) is 0 Å². The van der Waals surface area contributed by atoms with Gasteiger partial charge in [-0.15, -0.1) is 0 Å². The third-order valence-electron chi connectivity index (χ3n) is 3.08. The second-order valence-corrected chi connectivity index (χ2v) is 6.02. The lowest BCUT2D eigenvalue weighted by Gasteiger charge is -2.12. The number of aromatic nitrogens is 1. The van der Waals surface area contributed by atoms with Crippen LogP contribution in [-0.2, 0) is 0 Å². The second kappa shape index (κ2) is 8.15. The molecule has 0 saturated heterocycles. The van der Waals surface area contributed by atoms with Crippen LogP contribution in [0.15, 0.2) is 36.5 Å². The highest BCUT2D eigenvalue weighted by Gasteiger charge is 2.09. The van der Waals surface area contributed by atoms with Gasteiger partial charge in [-0.1, -0.05) is 29.3 Å². The Bertz CT molecular complexity index is 671. The summed E-state index contributed by atoms with van der Waals surface area (Å²) in [7, 11) is 3.90. The molecule has 1 amide bonds. The zero-order chi connectivity index (χ0) is 16.8. The molecule has 122 valence electrons. The molecular formula is C16H18Cl2N4O. The Kier molecular flexibility index (Phi) is 6.21. The molecule has 2 aromatic rings. The van der Waals surface area contributed by atoms with E-state index in [-0.39, 0.29) is 5.91 Å². The van der Waals surface area contributed by atoms with Gasteiger partial charge >= 0.3 is 0 Å². The van der Waals surface area contributed by atoms with Crippen LogP contribution in [0.2, 0.25) is 10.0 Å². The van der Waals surface area contributed by atoms with Crippen molar-refractivity contribution < 1.29 is 4.79 Å². The van der Waals surface area contributed by atoms with Gasteiger partial charge in [0.05, 0.1) is 15.7 Å². The summed E-state index contributed by atoms with van der Waals surface area (Å²) >= 11 is 12.2. The van der Waals surface area contributed by atoms with Gasteiger partial charge in [0, 0.05) is 24.8 Å². The van der Waals surface area contributed by atoms with Crippen molar-refractivity contribution in [1.82, 2.24) is 15.2 Å². The van der Waals surface area contributed by atoms with Crippen LogP contribution in [0, 0.1) is 0 Å². The van der Waals surface area contributed by atoms with Crippen LogP contribution >= 0.6 is 23.2 Å². The molecule has 0 fully saturated rings. The van der Waals surface area contributed by atoms with Gasteiger partial charge in [0.1, 0.15) is 5.82 Å². The molecule has 2 rings (SSSR count). The van der Waals surface area contributed by atoms with Gasteiger partial charge in [0.2, 0.25) is 0 Å². The summed E-state index contributed by atoms with van der Waals surface area (Å²) in [6.07, 6.45) is 1.56.